The normalized spacial score (nSPS) is 14.4. The fourth-order valence-corrected chi connectivity index (χ4v) is 2.39. The van der Waals surface area contributed by atoms with Crippen molar-refractivity contribution in [3.8, 4) is 0 Å². The van der Waals surface area contributed by atoms with Crippen LogP contribution in [0.2, 0.25) is 0 Å². The summed E-state index contributed by atoms with van der Waals surface area (Å²) in [5.41, 5.74) is -4.13. The van der Waals surface area contributed by atoms with Gasteiger partial charge < -0.3 is 5.32 Å². The van der Waals surface area contributed by atoms with E-state index in [9.17, 15) is 13.2 Å². The van der Waals surface area contributed by atoms with Gasteiger partial charge in [-0.2, -0.15) is 13.2 Å². The monoisotopic (exact) mass is 277 g/mol. The van der Waals surface area contributed by atoms with Crippen LogP contribution >= 0.6 is 23.4 Å². The third-order valence-corrected chi connectivity index (χ3v) is 3.69. The molecule has 0 aromatic heterocycles. The topological polar surface area (TPSA) is 12.0 Å². The van der Waals surface area contributed by atoms with Crippen LogP contribution in [0.4, 0.5) is 13.2 Å². The fourth-order valence-electron chi connectivity index (χ4n) is 1.45. The van der Waals surface area contributed by atoms with Gasteiger partial charge in [-0.25, -0.2) is 0 Å². The molecule has 0 aromatic carbocycles. The zero-order valence-electron chi connectivity index (χ0n) is 9.61. The smallest absolute Gasteiger partial charge is 0.314 e. The lowest BCUT2D eigenvalue weighted by atomic mass is 9.99. The van der Waals surface area contributed by atoms with Gasteiger partial charge in [-0.3, -0.25) is 0 Å². The molecule has 0 aliphatic heterocycles. The average molecular weight is 278 g/mol. The summed E-state index contributed by atoms with van der Waals surface area (Å²) < 4.78 is 35.4. The molecule has 0 aliphatic rings. The van der Waals surface area contributed by atoms with Gasteiger partial charge in [0, 0.05) is 24.2 Å². The molecule has 0 heterocycles. The predicted octanol–water partition coefficient (Wildman–Crippen LogP) is 3.87. The van der Waals surface area contributed by atoms with Crippen LogP contribution in [-0.4, -0.2) is 29.7 Å². The van der Waals surface area contributed by atoms with Gasteiger partial charge in [-0.15, -0.1) is 11.6 Å². The Morgan fingerprint density at radius 1 is 1.25 bits per heavy atom. The van der Waals surface area contributed by atoms with E-state index in [1.807, 2.05) is 0 Å². The molecule has 0 aromatic rings. The number of rotatable bonds is 8. The van der Waals surface area contributed by atoms with E-state index in [1.54, 1.807) is 0 Å². The van der Waals surface area contributed by atoms with Gasteiger partial charge in [0.15, 0.2) is 0 Å². The van der Waals surface area contributed by atoms with Crippen molar-refractivity contribution in [1.82, 2.24) is 5.32 Å². The first kappa shape index (κ1) is 16.4. The van der Waals surface area contributed by atoms with Crippen molar-refractivity contribution in [1.29, 1.82) is 0 Å². The summed E-state index contributed by atoms with van der Waals surface area (Å²) in [6.45, 7) is 5.06. The average Bonchev–Trinajstić information content (AvgIpc) is 2.17. The number of halogens is 4. The van der Waals surface area contributed by atoms with Gasteiger partial charge in [-0.05, 0) is 17.7 Å². The summed E-state index contributed by atoms with van der Waals surface area (Å²) in [6.07, 6.45) is 2.01. The van der Waals surface area contributed by atoms with Crippen molar-refractivity contribution in [2.45, 2.75) is 37.6 Å². The highest BCUT2D eigenvalue weighted by molar-refractivity contribution is 8.00. The lowest BCUT2D eigenvalue weighted by Crippen LogP contribution is -2.30. The first-order valence-corrected chi connectivity index (χ1v) is 6.88. The molecule has 0 amide bonds. The quantitative estimate of drug-likeness (QED) is 0.534. The highest BCUT2D eigenvalue weighted by Gasteiger charge is 2.27. The molecule has 0 radical (unpaired) electrons. The van der Waals surface area contributed by atoms with Crippen molar-refractivity contribution < 1.29 is 13.2 Å². The van der Waals surface area contributed by atoms with E-state index in [2.05, 4.69) is 19.2 Å². The van der Waals surface area contributed by atoms with Crippen molar-refractivity contribution in [3.63, 3.8) is 0 Å². The molecule has 1 N–H and O–H groups in total. The summed E-state index contributed by atoms with van der Waals surface area (Å²) in [4.78, 5) is 0. The predicted molar refractivity (Wildman–Crippen MR) is 65.1 cm³/mol. The molecule has 1 atom stereocenters. The molecule has 0 fully saturated rings. The minimum absolute atomic E-state index is 0.000443. The van der Waals surface area contributed by atoms with Crippen molar-refractivity contribution in [2.24, 2.45) is 5.92 Å². The molecule has 0 saturated heterocycles. The third-order valence-electron chi connectivity index (χ3n) is 2.44. The number of alkyl halides is 4. The second-order valence-electron chi connectivity index (χ2n) is 3.59. The Morgan fingerprint density at radius 3 is 2.25 bits per heavy atom. The number of nitrogens with one attached hydrogen (secondary N) is 1. The van der Waals surface area contributed by atoms with Gasteiger partial charge in [-0.1, -0.05) is 26.7 Å². The molecule has 1 unspecified atom stereocenters. The molecule has 0 spiro atoms. The van der Waals surface area contributed by atoms with E-state index < -0.39 is 5.51 Å². The van der Waals surface area contributed by atoms with Gasteiger partial charge in [0.05, 0.1) is 0 Å². The zero-order valence-corrected chi connectivity index (χ0v) is 11.2. The van der Waals surface area contributed by atoms with Gasteiger partial charge in [0.25, 0.3) is 0 Å². The molecule has 1 nitrogen and oxygen atoms in total. The largest absolute Gasteiger partial charge is 0.441 e. The second kappa shape index (κ2) is 8.48. The highest BCUT2D eigenvalue weighted by atomic mass is 35.5. The number of hydrogen-bond acceptors (Lipinski definition) is 2. The van der Waals surface area contributed by atoms with Crippen LogP contribution < -0.4 is 5.32 Å². The Bertz CT molecular complexity index is 174. The van der Waals surface area contributed by atoms with E-state index in [0.29, 0.717) is 19.0 Å². The molecular weight excluding hydrogens is 259 g/mol. The van der Waals surface area contributed by atoms with Crippen LogP contribution in [0.1, 0.15) is 26.7 Å². The van der Waals surface area contributed by atoms with Crippen LogP contribution in [0, 0.1) is 5.92 Å². The van der Waals surface area contributed by atoms with Crippen LogP contribution in [0.3, 0.4) is 0 Å². The Balaban J connectivity index is 3.51. The lowest BCUT2D eigenvalue weighted by Gasteiger charge is -2.19. The van der Waals surface area contributed by atoms with E-state index in [0.717, 1.165) is 12.8 Å². The minimum atomic E-state index is -4.13. The minimum Gasteiger partial charge on any atom is -0.314 e. The number of thioether (sulfide) groups is 1. The Kier molecular flexibility index (Phi) is 8.68. The lowest BCUT2D eigenvalue weighted by molar-refractivity contribution is -0.0327. The summed E-state index contributed by atoms with van der Waals surface area (Å²) in [6, 6.07) is 0. The summed E-state index contributed by atoms with van der Waals surface area (Å²) in [5, 5.41) is 2.96. The third kappa shape index (κ3) is 8.53. The Hall–Kier alpha value is 0.390. The molecule has 0 rings (SSSR count). The van der Waals surface area contributed by atoms with Crippen molar-refractivity contribution in [2.75, 3.05) is 18.8 Å². The molecule has 98 valence electrons. The fraction of sp³-hybridized carbons (Fsp3) is 1.00. The van der Waals surface area contributed by atoms with Crippen molar-refractivity contribution in [3.05, 3.63) is 0 Å². The van der Waals surface area contributed by atoms with Crippen LogP contribution in [0.25, 0.3) is 0 Å². The molecule has 0 saturated carbocycles. The van der Waals surface area contributed by atoms with E-state index in [1.165, 1.54) is 0 Å². The Labute approximate surface area is 104 Å². The van der Waals surface area contributed by atoms with E-state index in [4.69, 9.17) is 11.6 Å². The molecule has 0 aliphatic carbocycles. The summed E-state index contributed by atoms with van der Waals surface area (Å²) in [7, 11) is 0. The first-order chi connectivity index (χ1) is 7.40. The van der Waals surface area contributed by atoms with Crippen molar-refractivity contribution >= 4 is 23.4 Å². The maximum absolute atomic E-state index is 11.8. The van der Waals surface area contributed by atoms with E-state index in [-0.39, 0.29) is 22.9 Å². The first-order valence-electron chi connectivity index (χ1n) is 5.46. The van der Waals surface area contributed by atoms with Gasteiger partial charge in [0.1, 0.15) is 0 Å². The maximum atomic E-state index is 11.8. The number of hydrogen-bond donors (Lipinski definition) is 1. The standard InChI is InChI=1S/C10H19ClF3NS/c1-3-8(4-2)9(11)7-15-5-6-16-10(12,13)14/h8-9,15H,3-7H2,1-2H3. The molecule has 0 bridgehead atoms. The highest BCUT2D eigenvalue weighted by Crippen LogP contribution is 2.29. The Morgan fingerprint density at radius 2 is 1.81 bits per heavy atom. The second-order valence-corrected chi connectivity index (χ2v) is 5.31. The van der Waals surface area contributed by atoms with Gasteiger partial charge >= 0.3 is 5.51 Å². The molecule has 6 heteroatoms. The van der Waals surface area contributed by atoms with Crippen LogP contribution in [0.15, 0.2) is 0 Å². The zero-order chi connectivity index (χ0) is 12.6. The SMILES string of the molecule is CCC(CC)C(Cl)CNCCSC(F)(F)F. The molecule has 16 heavy (non-hydrogen) atoms. The van der Waals surface area contributed by atoms with Gasteiger partial charge in [0.2, 0.25) is 0 Å². The van der Waals surface area contributed by atoms with Crippen LogP contribution in [0.5, 0.6) is 0 Å². The van der Waals surface area contributed by atoms with E-state index >= 15 is 0 Å². The maximum Gasteiger partial charge on any atom is 0.441 e. The van der Waals surface area contributed by atoms with Crippen LogP contribution in [-0.2, 0) is 0 Å². The molecular formula is C10H19ClF3NS. The summed E-state index contributed by atoms with van der Waals surface area (Å²) >= 11 is 6.12. The summed E-state index contributed by atoms with van der Waals surface area (Å²) in [5.74, 6) is 0.472.